The standard InChI is InChI=1S/C14H21NO/c1-11(13-7-8-15-10-13)9-12-3-5-14(16-2)6-4-12/h3-6,11,13,15H,7-10H2,1-2H3. The van der Waals surface area contributed by atoms with Crippen molar-refractivity contribution in [3.05, 3.63) is 29.8 Å². The molecule has 2 atom stereocenters. The molecule has 0 bridgehead atoms. The topological polar surface area (TPSA) is 21.3 Å². The minimum Gasteiger partial charge on any atom is -0.497 e. The maximum Gasteiger partial charge on any atom is 0.118 e. The van der Waals surface area contributed by atoms with E-state index in [2.05, 4.69) is 36.5 Å². The summed E-state index contributed by atoms with van der Waals surface area (Å²) in [6.45, 7) is 4.75. The third kappa shape index (κ3) is 2.76. The fourth-order valence-corrected chi connectivity index (χ4v) is 2.46. The van der Waals surface area contributed by atoms with Gasteiger partial charge >= 0.3 is 0 Å². The molecule has 0 aromatic heterocycles. The molecule has 1 aromatic rings. The number of methoxy groups -OCH3 is 1. The van der Waals surface area contributed by atoms with Gasteiger partial charge in [-0.05, 0) is 55.5 Å². The van der Waals surface area contributed by atoms with Gasteiger partial charge in [-0.2, -0.15) is 0 Å². The molecule has 2 unspecified atom stereocenters. The van der Waals surface area contributed by atoms with Gasteiger partial charge in [0.1, 0.15) is 5.75 Å². The molecule has 0 aliphatic carbocycles. The summed E-state index contributed by atoms with van der Waals surface area (Å²) < 4.78 is 5.16. The highest BCUT2D eigenvalue weighted by atomic mass is 16.5. The van der Waals surface area contributed by atoms with E-state index in [1.165, 1.54) is 31.5 Å². The van der Waals surface area contributed by atoms with E-state index in [4.69, 9.17) is 4.74 Å². The third-order valence-electron chi connectivity index (χ3n) is 3.62. The van der Waals surface area contributed by atoms with Crippen LogP contribution in [0.3, 0.4) is 0 Å². The number of hydrogen-bond donors (Lipinski definition) is 1. The molecule has 16 heavy (non-hydrogen) atoms. The first-order chi connectivity index (χ1) is 7.79. The quantitative estimate of drug-likeness (QED) is 0.840. The van der Waals surface area contributed by atoms with E-state index in [0.29, 0.717) is 0 Å². The summed E-state index contributed by atoms with van der Waals surface area (Å²) in [5, 5.41) is 3.44. The highest BCUT2D eigenvalue weighted by molar-refractivity contribution is 5.27. The average molecular weight is 219 g/mol. The van der Waals surface area contributed by atoms with E-state index < -0.39 is 0 Å². The first kappa shape index (κ1) is 11.5. The Kier molecular flexibility index (Phi) is 3.83. The average Bonchev–Trinajstić information content (AvgIpc) is 2.83. The minimum absolute atomic E-state index is 0.767. The zero-order valence-electron chi connectivity index (χ0n) is 10.2. The number of nitrogens with one attached hydrogen (secondary N) is 1. The summed E-state index contributed by atoms with van der Waals surface area (Å²) in [4.78, 5) is 0. The molecule has 88 valence electrons. The normalized spacial score (nSPS) is 22.0. The monoisotopic (exact) mass is 219 g/mol. The molecule has 1 fully saturated rings. The molecular weight excluding hydrogens is 198 g/mol. The van der Waals surface area contributed by atoms with Gasteiger partial charge in [-0.3, -0.25) is 0 Å². The Morgan fingerprint density at radius 2 is 2.12 bits per heavy atom. The summed E-state index contributed by atoms with van der Waals surface area (Å²) in [6.07, 6.45) is 2.51. The van der Waals surface area contributed by atoms with Gasteiger partial charge in [0.05, 0.1) is 7.11 Å². The van der Waals surface area contributed by atoms with Crippen molar-refractivity contribution in [3.63, 3.8) is 0 Å². The molecule has 2 nitrogen and oxygen atoms in total. The fourth-order valence-electron chi connectivity index (χ4n) is 2.46. The Morgan fingerprint density at radius 3 is 2.69 bits per heavy atom. The predicted molar refractivity (Wildman–Crippen MR) is 66.8 cm³/mol. The Labute approximate surface area is 98.0 Å². The SMILES string of the molecule is COc1ccc(CC(C)C2CCNC2)cc1. The largest absolute Gasteiger partial charge is 0.497 e. The van der Waals surface area contributed by atoms with E-state index in [9.17, 15) is 0 Å². The molecule has 0 spiro atoms. The lowest BCUT2D eigenvalue weighted by atomic mass is 9.88. The molecule has 0 saturated carbocycles. The highest BCUT2D eigenvalue weighted by Crippen LogP contribution is 2.23. The molecular formula is C14H21NO. The van der Waals surface area contributed by atoms with Crippen molar-refractivity contribution in [3.8, 4) is 5.75 Å². The summed E-state index contributed by atoms with van der Waals surface area (Å²) in [7, 11) is 1.71. The molecule has 1 aromatic carbocycles. The molecule has 1 saturated heterocycles. The van der Waals surface area contributed by atoms with Crippen LogP contribution in [0, 0.1) is 11.8 Å². The third-order valence-corrected chi connectivity index (χ3v) is 3.62. The van der Waals surface area contributed by atoms with Crippen LogP contribution in [0.4, 0.5) is 0 Å². The molecule has 1 aliphatic rings. The van der Waals surface area contributed by atoms with Gasteiger partial charge in [0, 0.05) is 0 Å². The molecule has 2 rings (SSSR count). The van der Waals surface area contributed by atoms with Gasteiger partial charge in [0.2, 0.25) is 0 Å². The van der Waals surface area contributed by atoms with Crippen LogP contribution < -0.4 is 10.1 Å². The van der Waals surface area contributed by atoms with Crippen molar-refractivity contribution in [1.82, 2.24) is 5.32 Å². The first-order valence-electron chi connectivity index (χ1n) is 6.13. The van der Waals surface area contributed by atoms with Crippen LogP contribution in [-0.2, 0) is 6.42 Å². The van der Waals surface area contributed by atoms with Gasteiger partial charge < -0.3 is 10.1 Å². The van der Waals surface area contributed by atoms with Crippen LogP contribution >= 0.6 is 0 Å². The zero-order valence-corrected chi connectivity index (χ0v) is 10.2. The summed E-state index contributed by atoms with van der Waals surface area (Å²) in [6, 6.07) is 8.46. The summed E-state index contributed by atoms with van der Waals surface area (Å²) in [5.41, 5.74) is 1.42. The maximum absolute atomic E-state index is 5.16. The van der Waals surface area contributed by atoms with Gasteiger partial charge in [-0.25, -0.2) is 0 Å². The van der Waals surface area contributed by atoms with E-state index in [1.54, 1.807) is 7.11 Å². The van der Waals surface area contributed by atoms with E-state index >= 15 is 0 Å². The van der Waals surface area contributed by atoms with Crippen molar-refractivity contribution < 1.29 is 4.74 Å². The molecule has 1 heterocycles. The number of ether oxygens (including phenoxy) is 1. The molecule has 0 radical (unpaired) electrons. The molecule has 0 amide bonds. The lowest BCUT2D eigenvalue weighted by Crippen LogP contribution is -2.17. The van der Waals surface area contributed by atoms with Crippen molar-refractivity contribution >= 4 is 0 Å². The van der Waals surface area contributed by atoms with Crippen molar-refractivity contribution in [1.29, 1.82) is 0 Å². The fraction of sp³-hybridized carbons (Fsp3) is 0.571. The van der Waals surface area contributed by atoms with Crippen LogP contribution in [0.2, 0.25) is 0 Å². The van der Waals surface area contributed by atoms with E-state index in [0.717, 1.165) is 17.6 Å². The predicted octanol–water partition coefficient (Wildman–Crippen LogP) is 2.48. The lowest BCUT2D eigenvalue weighted by Gasteiger charge is -2.18. The van der Waals surface area contributed by atoms with E-state index in [1.807, 2.05) is 0 Å². The Hall–Kier alpha value is -1.02. The number of benzene rings is 1. The summed E-state index contributed by atoms with van der Waals surface area (Å²) >= 11 is 0. The first-order valence-corrected chi connectivity index (χ1v) is 6.13. The van der Waals surface area contributed by atoms with Crippen LogP contribution in [-0.4, -0.2) is 20.2 Å². The van der Waals surface area contributed by atoms with Crippen LogP contribution in [0.1, 0.15) is 18.9 Å². The van der Waals surface area contributed by atoms with Gasteiger partial charge in [0.25, 0.3) is 0 Å². The smallest absolute Gasteiger partial charge is 0.118 e. The zero-order chi connectivity index (χ0) is 11.4. The Bertz CT molecular complexity index is 314. The van der Waals surface area contributed by atoms with E-state index in [-0.39, 0.29) is 0 Å². The molecule has 2 heteroatoms. The van der Waals surface area contributed by atoms with Crippen LogP contribution in [0.5, 0.6) is 5.75 Å². The summed E-state index contributed by atoms with van der Waals surface area (Å²) in [5.74, 6) is 2.56. The highest BCUT2D eigenvalue weighted by Gasteiger charge is 2.21. The van der Waals surface area contributed by atoms with Crippen molar-refractivity contribution in [2.24, 2.45) is 11.8 Å². The Morgan fingerprint density at radius 1 is 1.38 bits per heavy atom. The second-order valence-electron chi connectivity index (χ2n) is 4.78. The van der Waals surface area contributed by atoms with Crippen LogP contribution in [0.15, 0.2) is 24.3 Å². The number of rotatable bonds is 4. The minimum atomic E-state index is 0.767. The Balaban J connectivity index is 1.92. The molecule has 1 aliphatic heterocycles. The van der Waals surface area contributed by atoms with Crippen LogP contribution in [0.25, 0.3) is 0 Å². The molecule has 1 N–H and O–H groups in total. The van der Waals surface area contributed by atoms with Crippen molar-refractivity contribution in [2.45, 2.75) is 19.8 Å². The second kappa shape index (κ2) is 5.35. The van der Waals surface area contributed by atoms with Gasteiger partial charge in [0.15, 0.2) is 0 Å². The maximum atomic E-state index is 5.16. The van der Waals surface area contributed by atoms with Crippen molar-refractivity contribution in [2.75, 3.05) is 20.2 Å². The second-order valence-corrected chi connectivity index (χ2v) is 4.78. The lowest BCUT2D eigenvalue weighted by molar-refractivity contribution is 0.384. The number of hydrogen-bond acceptors (Lipinski definition) is 2. The van der Waals surface area contributed by atoms with Gasteiger partial charge in [-0.15, -0.1) is 0 Å². The van der Waals surface area contributed by atoms with Gasteiger partial charge in [-0.1, -0.05) is 19.1 Å².